The maximum atomic E-state index is 11.0. The predicted molar refractivity (Wildman–Crippen MR) is 131 cm³/mol. The topological polar surface area (TPSA) is 155 Å². The molecule has 0 aromatic rings. The Kier molecular flexibility index (Phi) is 15.6. The van der Waals surface area contributed by atoms with E-state index in [4.69, 9.17) is 37.9 Å². The van der Waals surface area contributed by atoms with Crippen molar-refractivity contribution in [1.29, 1.82) is 0 Å². The molecule has 0 saturated carbocycles. The smallest absolute Gasteiger partial charge is 0.186 e. The summed E-state index contributed by atoms with van der Waals surface area (Å²) >= 11 is 0. The first-order valence-corrected chi connectivity index (χ1v) is 13.0. The molecule has 2 rings (SSSR count). The minimum atomic E-state index is -1.19. The van der Waals surface area contributed by atoms with Crippen LogP contribution in [-0.4, -0.2) is 136 Å². The van der Waals surface area contributed by atoms with Crippen LogP contribution in [0.3, 0.4) is 0 Å². The third-order valence-electron chi connectivity index (χ3n) is 6.12. The number of aliphatic hydroxyl groups excluding tert-OH is 4. The van der Waals surface area contributed by atoms with Gasteiger partial charge in [0, 0.05) is 19.6 Å². The molecule has 2 heterocycles. The van der Waals surface area contributed by atoms with Crippen molar-refractivity contribution in [2.75, 3.05) is 60.0 Å². The summed E-state index contributed by atoms with van der Waals surface area (Å²) in [5.74, 6) is -0.235. The molecular formula is C25H46O12. The highest BCUT2D eigenvalue weighted by molar-refractivity contribution is 4.89. The molecule has 2 aliphatic heterocycles. The molecule has 0 radical (unpaired) electrons. The van der Waals surface area contributed by atoms with Gasteiger partial charge in [-0.1, -0.05) is 26.3 Å². The SMILES string of the molecule is C=CCOCC(O)COC1C(OC2COC(OC)C(OCC(O)COCCCC)C2O)OC[C@@H](C)C1O. The van der Waals surface area contributed by atoms with Gasteiger partial charge in [-0.15, -0.1) is 6.58 Å². The van der Waals surface area contributed by atoms with Gasteiger partial charge in [-0.3, -0.25) is 0 Å². The van der Waals surface area contributed by atoms with Crippen LogP contribution in [0.5, 0.6) is 0 Å². The van der Waals surface area contributed by atoms with Crippen molar-refractivity contribution in [3.8, 4) is 0 Å². The van der Waals surface area contributed by atoms with E-state index >= 15 is 0 Å². The number of hydrogen-bond donors (Lipinski definition) is 4. The molecule has 37 heavy (non-hydrogen) atoms. The van der Waals surface area contributed by atoms with E-state index in [-0.39, 0.29) is 45.6 Å². The van der Waals surface area contributed by atoms with Gasteiger partial charge in [-0.05, 0) is 6.42 Å². The van der Waals surface area contributed by atoms with Crippen LogP contribution in [0.25, 0.3) is 0 Å². The first-order chi connectivity index (χ1) is 17.8. The van der Waals surface area contributed by atoms with Crippen LogP contribution >= 0.6 is 0 Å². The second-order valence-electron chi connectivity index (χ2n) is 9.43. The van der Waals surface area contributed by atoms with E-state index in [0.717, 1.165) is 12.8 Å². The highest BCUT2D eigenvalue weighted by Crippen LogP contribution is 2.28. The Bertz CT molecular complexity index is 610. The van der Waals surface area contributed by atoms with E-state index in [0.29, 0.717) is 13.2 Å². The molecule has 0 bridgehead atoms. The molecule has 0 aromatic heterocycles. The second-order valence-corrected chi connectivity index (χ2v) is 9.43. The monoisotopic (exact) mass is 538 g/mol. The van der Waals surface area contributed by atoms with Crippen molar-refractivity contribution in [3.63, 3.8) is 0 Å². The Hall–Kier alpha value is -0.740. The molecule has 0 aliphatic carbocycles. The van der Waals surface area contributed by atoms with Crippen LogP contribution in [0.2, 0.25) is 0 Å². The van der Waals surface area contributed by atoms with Gasteiger partial charge in [0.05, 0.1) is 52.4 Å². The Morgan fingerprint density at radius 2 is 1.54 bits per heavy atom. The lowest BCUT2D eigenvalue weighted by Gasteiger charge is -2.44. The third-order valence-corrected chi connectivity index (χ3v) is 6.12. The van der Waals surface area contributed by atoms with Gasteiger partial charge in [0.15, 0.2) is 12.6 Å². The van der Waals surface area contributed by atoms with Gasteiger partial charge in [0.2, 0.25) is 0 Å². The molecule has 12 nitrogen and oxygen atoms in total. The van der Waals surface area contributed by atoms with E-state index in [1.165, 1.54) is 7.11 Å². The van der Waals surface area contributed by atoms with Gasteiger partial charge >= 0.3 is 0 Å². The lowest BCUT2D eigenvalue weighted by Crippen LogP contribution is -2.60. The molecule has 9 unspecified atom stereocenters. The number of rotatable bonds is 18. The van der Waals surface area contributed by atoms with E-state index in [9.17, 15) is 20.4 Å². The zero-order chi connectivity index (χ0) is 27.2. The largest absolute Gasteiger partial charge is 0.390 e. The average molecular weight is 539 g/mol. The second kappa shape index (κ2) is 17.8. The summed E-state index contributed by atoms with van der Waals surface area (Å²) in [6, 6.07) is 0. The summed E-state index contributed by atoms with van der Waals surface area (Å²) in [5, 5.41) is 42.0. The van der Waals surface area contributed by atoms with E-state index < -0.39 is 55.3 Å². The van der Waals surface area contributed by atoms with Crippen LogP contribution in [0.1, 0.15) is 26.7 Å². The van der Waals surface area contributed by atoms with Gasteiger partial charge in [0.25, 0.3) is 0 Å². The van der Waals surface area contributed by atoms with E-state index in [2.05, 4.69) is 13.5 Å². The standard InChI is InChI=1S/C25H46O12/c1-5-7-9-32-12-18(27)14-34-23-21(29)19(15-36-24(23)30-4)37-25-22(20(28)16(3)10-35-25)33-13-17(26)11-31-8-6-2/h6,16-29H,2,5,7-15H2,1,3-4H3/t16-,17?,18?,19?,20?,21?,22?,23?,24?,25?/m1/s1. The van der Waals surface area contributed by atoms with Gasteiger partial charge < -0.3 is 58.3 Å². The van der Waals surface area contributed by atoms with Crippen LogP contribution in [-0.2, 0) is 37.9 Å². The number of ether oxygens (including phenoxy) is 8. The number of methoxy groups -OCH3 is 1. The van der Waals surface area contributed by atoms with E-state index in [1.807, 2.05) is 6.92 Å². The lowest BCUT2D eigenvalue weighted by atomic mass is 9.97. The fraction of sp³-hybridized carbons (Fsp3) is 0.920. The fourth-order valence-electron chi connectivity index (χ4n) is 3.94. The summed E-state index contributed by atoms with van der Waals surface area (Å²) in [6.45, 7) is 8.37. The molecular weight excluding hydrogens is 492 g/mol. The number of aliphatic hydroxyl groups is 4. The Labute approximate surface area is 219 Å². The van der Waals surface area contributed by atoms with Crippen molar-refractivity contribution in [2.45, 2.75) is 82.0 Å². The van der Waals surface area contributed by atoms with E-state index in [1.54, 1.807) is 6.08 Å². The van der Waals surface area contributed by atoms with Crippen molar-refractivity contribution >= 4 is 0 Å². The highest BCUT2D eigenvalue weighted by atomic mass is 16.7. The van der Waals surface area contributed by atoms with Crippen molar-refractivity contribution in [3.05, 3.63) is 12.7 Å². The normalized spacial score (nSPS) is 34.2. The molecule has 10 atom stereocenters. The van der Waals surface area contributed by atoms with Crippen LogP contribution in [0, 0.1) is 5.92 Å². The quantitative estimate of drug-likeness (QED) is 0.133. The molecule has 2 fully saturated rings. The van der Waals surface area contributed by atoms with Gasteiger partial charge in [0.1, 0.15) is 36.6 Å². The summed E-state index contributed by atoms with van der Waals surface area (Å²) < 4.78 is 44.9. The Morgan fingerprint density at radius 3 is 2.16 bits per heavy atom. The molecule has 218 valence electrons. The zero-order valence-corrected chi connectivity index (χ0v) is 22.2. The number of hydrogen-bond acceptors (Lipinski definition) is 12. The summed E-state index contributed by atoms with van der Waals surface area (Å²) in [4.78, 5) is 0. The molecule has 0 spiro atoms. The average Bonchev–Trinajstić information content (AvgIpc) is 2.88. The molecule has 4 N–H and O–H groups in total. The Balaban J connectivity index is 1.94. The fourth-order valence-corrected chi connectivity index (χ4v) is 3.94. The first kappa shape index (κ1) is 32.5. The highest BCUT2D eigenvalue weighted by Gasteiger charge is 2.46. The maximum absolute atomic E-state index is 11.0. The Morgan fingerprint density at radius 1 is 0.919 bits per heavy atom. The first-order valence-electron chi connectivity index (χ1n) is 13.0. The summed E-state index contributed by atoms with van der Waals surface area (Å²) in [5.41, 5.74) is 0. The molecule has 12 heteroatoms. The minimum Gasteiger partial charge on any atom is -0.390 e. The number of unbranched alkanes of at least 4 members (excludes halogenated alkanes) is 1. The predicted octanol–water partition coefficient (Wildman–Crippen LogP) is -0.400. The van der Waals surface area contributed by atoms with Crippen LogP contribution in [0.15, 0.2) is 12.7 Å². The summed E-state index contributed by atoms with van der Waals surface area (Å²) in [7, 11) is 1.43. The maximum Gasteiger partial charge on any atom is 0.186 e. The third kappa shape index (κ3) is 10.7. The lowest BCUT2D eigenvalue weighted by molar-refractivity contribution is -0.332. The van der Waals surface area contributed by atoms with Gasteiger partial charge in [-0.25, -0.2) is 0 Å². The van der Waals surface area contributed by atoms with Gasteiger partial charge in [-0.2, -0.15) is 0 Å². The molecule has 2 aliphatic rings. The zero-order valence-electron chi connectivity index (χ0n) is 22.2. The van der Waals surface area contributed by atoms with Crippen LogP contribution < -0.4 is 0 Å². The minimum absolute atomic E-state index is 0.0293. The van der Waals surface area contributed by atoms with Crippen LogP contribution in [0.4, 0.5) is 0 Å². The van der Waals surface area contributed by atoms with Crippen molar-refractivity contribution in [1.82, 2.24) is 0 Å². The van der Waals surface area contributed by atoms with Crippen molar-refractivity contribution < 1.29 is 58.3 Å². The summed E-state index contributed by atoms with van der Waals surface area (Å²) in [6.07, 6.45) is -5.15. The molecule has 2 saturated heterocycles. The molecule has 0 amide bonds. The molecule has 0 aromatic carbocycles. The van der Waals surface area contributed by atoms with Crippen molar-refractivity contribution in [2.24, 2.45) is 5.92 Å².